The third-order valence-corrected chi connectivity index (χ3v) is 7.51. The van der Waals surface area contributed by atoms with E-state index in [1.165, 1.54) is 35.6 Å². The number of thiazole rings is 1. The van der Waals surface area contributed by atoms with E-state index in [-0.39, 0.29) is 28.4 Å². The van der Waals surface area contributed by atoms with E-state index in [1.54, 1.807) is 6.92 Å². The first-order chi connectivity index (χ1) is 15.4. The largest absolute Gasteiger partial charge is 0.465 e. The summed E-state index contributed by atoms with van der Waals surface area (Å²) in [5.41, 5.74) is 0.355. The maximum absolute atomic E-state index is 12.7. The molecular formula is C21H18ClF3N2O4S2. The van der Waals surface area contributed by atoms with Gasteiger partial charge in [-0.25, -0.2) is 22.9 Å². The average molecular weight is 519 g/mol. The molecule has 33 heavy (non-hydrogen) atoms. The fourth-order valence-electron chi connectivity index (χ4n) is 2.91. The van der Waals surface area contributed by atoms with Crippen molar-refractivity contribution in [2.75, 3.05) is 13.7 Å². The summed E-state index contributed by atoms with van der Waals surface area (Å²) in [6, 6.07) is 8.40. The minimum Gasteiger partial charge on any atom is -0.465 e. The maximum Gasteiger partial charge on any atom is 0.416 e. The number of nitrogens with one attached hydrogen (secondary N) is 1. The number of sulfonamides is 1. The molecule has 3 aromatic rings. The van der Waals surface area contributed by atoms with Gasteiger partial charge in [0.15, 0.2) is 0 Å². The number of benzene rings is 2. The zero-order valence-electron chi connectivity index (χ0n) is 17.4. The highest BCUT2D eigenvalue weighted by Crippen LogP contribution is 2.33. The van der Waals surface area contributed by atoms with Crippen LogP contribution in [0, 0.1) is 6.92 Å². The Hall–Kier alpha value is -2.47. The molecule has 3 rings (SSSR count). The van der Waals surface area contributed by atoms with Crippen molar-refractivity contribution in [2.24, 2.45) is 0 Å². The number of halogens is 4. The number of hydrogen-bond donors (Lipinski definition) is 1. The molecule has 1 aromatic heterocycles. The molecule has 0 aliphatic heterocycles. The number of nitrogens with zero attached hydrogens (tertiary/aromatic N) is 1. The van der Waals surface area contributed by atoms with Gasteiger partial charge >= 0.3 is 12.1 Å². The van der Waals surface area contributed by atoms with E-state index in [2.05, 4.69) is 14.4 Å². The second kappa shape index (κ2) is 9.80. The lowest BCUT2D eigenvalue weighted by Crippen LogP contribution is -2.26. The normalized spacial score (nSPS) is 12.1. The molecule has 0 radical (unpaired) electrons. The van der Waals surface area contributed by atoms with E-state index < -0.39 is 27.7 Å². The van der Waals surface area contributed by atoms with Crippen LogP contribution in [0.15, 0.2) is 47.4 Å². The summed E-state index contributed by atoms with van der Waals surface area (Å²) < 4.78 is 70.5. The van der Waals surface area contributed by atoms with E-state index in [1.807, 2.05) is 0 Å². The minimum absolute atomic E-state index is 0.0234. The van der Waals surface area contributed by atoms with Crippen LogP contribution < -0.4 is 4.72 Å². The molecule has 0 bridgehead atoms. The van der Waals surface area contributed by atoms with E-state index in [0.29, 0.717) is 16.3 Å². The van der Waals surface area contributed by atoms with Gasteiger partial charge in [-0.1, -0.05) is 23.7 Å². The Bertz CT molecular complexity index is 1270. The van der Waals surface area contributed by atoms with Gasteiger partial charge in [0.25, 0.3) is 0 Å². The summed E-state index contributed by atoms with van der Waals surface area (Å²) in [6.07, 6.45) is -4.15. The lowest BCUT2D eigenvalue weighted by atomic mass is 10.1. The summed E-state index contributed by atoms with van der Waals surface area (Å²) in [6.45, 7) is 1.83. The number of aryl methyl sites for hydroxylation is 1. The topological polar surface area (TPSA) is 85.4 Å². The summed E-state index contributed by atoms with van der Waals surface area (Å²) >= 11 is 7.24. The number of hydrogen-bond acceptors (Lipinski definition) is 6. The number of ether oxygens (including phenoxy) is 1. The fourth-order valence-corrected chi connectivity index (χ4v) is 5.13. The van der Waals surface area contributed by atoms with E-state index in [4.69, 9.17) is 11.6 Å². The molecule has 0 amide bonds. The number of carbonyl (C=O) groups is 1. The van der Waals surface area contributed by atoms with Crippen LogP contribution in [0.1, 0.15) is 26.5 Å². The van der Waals surface area contributed by atoms with Gasteiger partial charge in [0.2, 0.25) is 10.0 Å². The van der Waals surface area contributed by atoms with Crippen molar-refractivity contribution in [1.29, 1.82) is 0 Å². The summed E-state index contributed by atoms with van der Waals surface area (Å²) in [4.78, 5) is 16.9. The molecule has 0 saturated carbocycles. The van der Waals surface area contributed by atoms with Crippen LogP contribution >= 0.6 is 22.9 Å². The molecule has 0 spiro atoms. The Labute approximate surface area is 197 Å². The number of aromatic nitrogens is 1. The van der Waals surface area contributed by atoms with Gasteiger partial charge in [-0.3, -0.25) is 0 Å². The van der Waals surface area contributed by atoms with Crippen LogP contribution in [-0.4, -0.2) is 33.0 Å². The highest BCUT2D eigenvalue weighted by atomic mass is 35.5. The molecule has 0 aliphatic rings. The predicted molar refractivity (Wildman–Crippen MR) is 119 cm³/mol. The minimum atomic E-state index is -4.42. The maximum atomic E-state index is 12.7. The third kappa shape index (κ3) is 5.91. The van der Waals surface area contributed by atoms with Crippen LogP contribution in [0.25, 0.3) is 10.6 Å². The molecule has 0 unspecified atom stereocenters. The Kier molecular flexibility index (Phi) is 7.47. The first-order valence-electron chi connectivity index (χ1n) is 9.44. The van der Waals surface area contributed by atoms with Crippen molar-refractivity contribution in [3.8, 4) is 10.6 Å². The Morgan fingerprint density at radius 1 is 1.18 bits per heavy atom. The molecule has 0 aliphatic carbocycles. The zero-order chi connectivity index (χ0) is 24.4. The van der Waals surface area contributed by atoms with E-state index in [0.717, 1.165) is 30.2 Å². The van der Waals surface area contributed by atoms with Gasteiger partial charge in [-0.2, -0.15) is 13.2 Å². The number of rotatable bonds is 7. The Morgan fingerprint density at radius 2 is 1.85 bits per heavy atom. The zero-order valence-corrected chi connectivity index (χ0v) is 19.8. The molecule has 1 heterocycles. The molecule has 1 N–H and O–H groups in total. The van der Waals surface area contributed by atoms with Crippen molar-refractivity contribution in [2.45, 2.75) is 24.4 Å². The van der Waals surface area contributed by atoms with Crippen LogP contribution in [0.2, 0.25) is 5.02 Å². The Balaban J connectivity index is 1.70. The predicted octanol–water partition coefficient (Wildman–Crippen LogP) is 5.10. The van der Waals surface area contributed by atoms with Crippen molar-refractivity contribution in [3.63, 3.8) is 0 Å². The Morgan fingerprint density at radius 3 is 2.45 bits per heavy atom. The SMILES string of the molecule is COC(=O)c1cc(S(=O)(=O)NCCc2nc(-c3ccc(C(F)(F)F)cc3)sc2C)ccc1Cl. The van der Waals surface area contributed by atoms with Crippen molar-refractivity contribution in [1.82, 2.24) is 9.71 Å². The molecular weight excluding hydrogens is 501 g/mol. The number of esters is 1. The molecule has 6 nitrogen and oxygen atoms in total. The van der Waals surface area contributed by atoms with Gasteiger partial charge in [0.1, 0.15) is 5.01 Å². The molecule has 2 aromatic carbocycles. The first-order valence-corrected chi connectivity index (χ1v) is 12.1. The average Bonchev–Trinajstić information content (AvgIpc) is 3.13. The number of carbonyl (C=O) groups excluding carboxylic acids is 1. The first kappa shape index (κ1) is 25.2. The summed E-state index contributed by atoms with van der Waals surface area (Å²) in [5, 5.41) is 0.606. The van der Waals surface area contributed by atoms with Crippen LogP contribution in [0.5, 0.6) is 0 Å². The second-order valence-corrected chi connectivity index (χ2v) is 10.3. The lowest BCUT2D eigenvalue weighted by molar-refractivity contribution is -0.137. The molecule has 0 atom stereocenters. The van der Waals surface area contributed by atoms with E-state index in [9.17, 15) is 26.4 Å². The van der Waals surface area contributed by atoms with Gasteiger partial charge in [0.05, 0.1) is 33.8 Å². The van der Waals surface area contributed by atoms with Crippen molar-refractivity contribution < 1.29 is 31.1 Å². The monoisotopic (exact) mass is 518 g/mol. The van der Waals surface area contributed by atoms with Gasteiger partial charge < -0.3 is 4.74 Å². The van der Waals surface area contributed by atoms with Crippen LogP contribution in [-0.2, 0) is 27.4 Å². The standard InChI is InChI=1S/C21H18ClF3N2O4S2/c1-12-18(27-19(32-12)13-3-5-14(6-4-13)21(23,24)25)9-10-26-33(29,30)15-7-8-17(22)16(11-15)20(28)31-2/h3-8,11,26H,9-10H2,1-2H3. The second-order valence-electron chi connectivity index (χ2n) is 6.88. The van der Waals surface area contributed by atoms with Crippen LogP contribution in [0.3, 0.4) is 0 Å². The smallest absolute Gasteiger partial charge is 0.416 e. The fraction of sp³-hybridized carbons (Fsp3) is 0.238. The highest BCUT2D eigenvalue weighted by molar-refractivity contribution is 7.89. The highest BCUT2D eigenvalue weighted by Gasteiger charge is 2.30. The van der Waals surface area contributed by atoms with Crippen molar-refractivity contribution in [3.05, 3.63) is 69.2 Å². The molecule has 176 valence electrons. The van der Waals surface area contributed by atoms with Gasteiger partial charge in [-0.15, -0.1) is 11.3 Å². The van der Waals surface area contributed by atoms with E-state index >= 15 is 0 Å². The van der Waals surface area contributed by atoms with Crippen LogP contribution in [0.4, 0.5) is 13.2 Å². The van der Waals surface area contributed by atoms with Gasteiger partial charge in [0, 0.05) is 23.4 Å². The van der Waals surface area contributed by atoms with Gasteiger partial charge in [-0.05, 0) is 37.3 Å². The number of alkyl halides is 3. The molecule has 0 fully saturated rings. The summed E-state index contributed by atoms with van der Waals surface area (Å²) in [5.74, 6) is -0.758. The molecule has 0 saturated heterocycles. The third-order valence-electron chi connectivity index (χ3n) is 4.66. The number of methoxy groups -OCH3 is 1. The summed E-state index contributed by atoms with van der Waals surface area (Å²) in [7, 11) is -2.78. The lowest BCUT2D eigenvalue weighted by Gasteiger charge is -2.09. The molecule has 12 heteroatoms. The quantitative estimate of drug-likeness (QED) is 0.440. The van der Waals surface area contributed by atoms with Crippen molar-refractivity contribution >= 4 is 38.9 Å².